The fraction of sp³-hybridized carbons (Fsp3) is 0.368. The largest absolute Gasteiger partial charge is 0.491 e. The van der Waals surface area contributed by atoms with Crippen molar-refractivity contribution in [2.45, 2.75) is 45.4 Å². The molecule has 0 spiro atoms. The second-order valence-corrected chi connectivity index (χ2v) is 6.07. The smallest absolute Gasteiger partial charge is 0.120 e. The maximum Gasteiger partial charge on any atom is 0.120 e. The minimum atomic E-state index is 0.227. The van der Waals surface area contributed by atoms with Gasteiger partial charge in [-0.15, -0.1) is 0 Å². The molecule has 2 heteroatoms. The molecule has 1 aliphatic heterocycles. The van der Waals surface area contributed by atoms with Gasteiger partial charge < -0.3 is 10.1 Å². The molecular weight excluding hydrogens is 258 g/mol. The summed E-state index contributed by atoms with van der Waals surface area (Å²) < 4.78 is 5.77. The Morgan fingerprint density at radius 2 is 1.90 bits per heavy atom. The minimum absolute atomic E-state index is 0.227. The van der Waals surface area contributed by atoms with Crippen LogP contribution < -0.4 is 10.1 Å². The highest BCUT2D eigenvalue weighted by Crippen LogP contribution is 2.24. The van der Waals surface area contributed by atoms with Crippen LogP contribution in [0.1, 0.15) is 30.5 Å². The second-order valence-electron chi connectivity index (χ2n) is 6.07. The number of hydrogen-bond acceptors (Lipinski definition) is 2. The van der Waals surface area contributed by atoms with Crippen molar-refractivity contribution in [2.75, 3.05) is 0 Å². The van der Waals surface area contributed by atoms with Crippen LogP contribution >= 0.6 is 0 Å². The lowest BCUT2D eigenvalue weighted by Crippen LogP contribution is -2.37. The van der Waals surface area contributed by atoms with E-state index < -0.39 is 0 Å². The first-order valence-electron chi connectivity index (χ1n) is 7.76. The van der Waals surface area contributed by atoms with Crippen molar-refractivity contribution < 1.29 is 4.74 Å². The molecule has 0 fully saturated rings. The molecule has 1 N–H and O–H groups in total. The van der Waals surface area contributed by atoms with Crippen molar-refractivity contribution >= 4 is 0 Å². The maximum absolute atomic E-state index is 5.77. The third-order valence-corrected chi connectivity index (χ3v) is 3.92. The van der Waals surface area contributed by atoms with Crippen LogP contribution in [0.3, 0.4) is 0 Å². The molecule has 1 unspecified atom stereocenters. The first-order chi connectivity index (χ1) is 10.2. The van der Waals surface area contributed by atoms with E-state index in [1.807, 2.05) is 0 Å². The van der Waals surface area contributed by atoms with E-state index >= 15 is 0 Å². The number of hydrogen-bond donors (Lipinski definition) is 1. The zero-order valence-electron chi connectivity index (χ0n) is 12.8. The molecule has 1 aliphatic rings. The summed E-state index contributed by atoms with van der Waals surface area (Å²) in [5, 5.41) is 3.65. The summed E-state index contributed by atoms with van der Waals surface area (Å²) in [7, 11) is 0. The molecule has 2 aromatic carbocycles. The molecular formula is C19H23NO. The second kappa shape index (κ2) is 6.31. The Hall–Kier alpha value is -1.80. The summed E-state index contributed by atoms with van der Waals surface area (Å²) in [6.07, 6.45) is 2.40. The molecule has 0 saturated carbocycles. The van der Waals surface area contributed by atoms with Gasteiger partial charge in [0.2, 0.25) is 0 Å². The number of ether oxygens (including phenoxy) is 1. The summed E-state index contributed by atoms with van der Waals surface area (Å²) in [5.41, 5.74) is 4.22. The van der Waals surface area contributed by atoms with Crippen molar-refractivity contribution in [3.8, 4) is 5.75 Å². The highest BCUT2D eigenvalue weighted by molar-refractivity contribution is 5.38. The molecule has 110 valence electrons. The van der Waals surface area contributed by atoms with E-state index in [1.54, 1.807) is 0 Å². The van der Waals surface area contributed by atoms with E-state index in [9.17, 15) is 0 Å². The first kappa shape index (κ1) is 14.2. The monoisotopic (exact) mass is 281 g/mol. The molecule has 0 bridgehead atoms. The van der Waals surface area contributed by atoms with Gasteiger partial charge in [0.25, 0.3) is 0 Å². The average molecular weight is 281 g/mol. The molecule has 3 rings (SSSR count). The van der Waals surface area contributed by atoms with Crippen molar-refractivity contribution in [1.29, 1.82) is 0 Å². The van der Waals surface area contributed by atoms with Crippen molar-refractivity contribution in [3.63, 3.8) is 0 Å². The van der Waals surface area contributed by atoms with E-state index in [0.717, 1.165) is 25.1 Å². The predicted octanol–water partition coefficient (Wildman–Crippen LogP) is 3.73. The SMILES string of the molecule is CC(C)Oc1ccc2c(c1)CNC(Cc1ccccc1)C2. The Morgan fingerprint density at radius 1 is 1.10 bits per heavy atom. The van der Waals surface area contributed by atoms with Gasteiger partial charge in [0.15, 0.2) is 0 Å². The zero-order chi connectivity index (χ0) is 14.7. The highest BCUT2D eigenvalue weighted by Gasteiger charge is 2.18. The Bertz CT molecular complexity index is 592. The zero-order valence-corrected chi connectivity index (χ0v) is 12.8. The van der Waals surface area contributed by atoms with Gasteiger partial charge in [0.1, 0.15) is 5.75 Å². The minimum Gasteiger partial charge on any atom is -0.491 e. The Labute approximate surface area is 127 Å². The van der Waals surface area contributed by atoms with Crippen LogP contribution in [0.25, 0.3) is 0 Å². The Morgan fingerprint density at radius 3 is 2.67 bits per heavy atom. The summed E-state index contributed by atoms with van der Waals surface area (Å²) in [4.78, 5) is 0. The third kappa shape index (κ3) is 3.64. The van der Waals surface area contributed by atoms with Gasteiger partial charge in [-0.25, -0.2) is 0 Å². The molecule has 2 aromatic rings. The summed E-state index contributed by atoms with van der Waals surface area (Å²) in [6.45, 7) is 5.06. The van der Waals surface area contributed by atoms with E-state index in [-0.39, 0.29) is 6.10 Å². The van der Waals surface area contributed by atoms with E-state index in [4.69, 9.17) is 4.74 Å². The van der Waals surface area contributed by atoms with Gasteiger partial charge in [-0.3, -0.25) is 0 Å². The van der Waals surface area contributed by atoms with Crippen LogP contribution in [-0.4, -0.2) is 12.1 Å². The van der Waals surface area contributed by atoms with E-state index in [1.165, 1.54) is 16.7 Å². The molecule has 1 atom stereocenters. The lowest BCUT2D eigenvalue weighted by molar-refractivity contribution is 0.242. The molecule has 21 heavy (non-hydrogen) atoms. The summed E-state index contributed by atoms with van der Waals surface area (Å²) >= 11 is 0. The fourth-order valence-corrected chi connectivity index (χ4v) is 2.95. The number of rotatable bonds is 4. The third-order valence-electron chi connectivity index (χ3n) is 3.92. The van der Waals surface area contributed by atoms with Gasteiger partial charge in [-0.2, -0.15) is 0 Å². The normalized spacial score (nSPS) is 17.6. The molecule has 0 saturated heterocycles. The predicted molar refractivity (Wildman–Crippen MR) is 86.7 cm³/mol. The molecule has 0 aliphatic carbocycles. The van der Waals surface area contributed by atoms with Crippen LogP contribution in [0.2, 0.25) is 0 Å². The molecule has 2 nitrogen and oxygen atoms in total. The van der Waals surface area contributed by atoms with Gasteiger partial charge in [-0.1, -0.05) is 36.4 Å². The van der Waals surface area contributed by atoms with E-state index in [0.29, 0.717) is 6.04 Å². The topological polar surface area (TPSA) is 21.3 Å². The Kier molecular flexibility index (Phi) is 4.26. The standard InChI is InChI=1S/C19H23NO/c1-14(2)21-19-9-8-16-11-18(20-13-17(16)12-19)10-15-6-4-3-5-7-15/h3-9,12,14,18,20H,10-11,13H2,1-2H3. The van der Waals surface area contributed by atoms with Crippen LogP contribution in [0, 0.1) is 0 Å². The fourth-order valence-electron chi connectivity index (χ4n) is 2.95. The van der Waals surface area contributed by atoms with Gasteiger partial charge in [0, 0.05) is 12.6 Å². The molecule has 0 amide bonds. The highest BCUT2D eigenvalue weighted by atomic mass is 16.5. The molecule has 1 heterocycles. The summed E-state index contributed by atoms with van der Waals surface area (Å²) in [6, 6.07) is 17.7. The average Bonchev–Trinajstić information content (AvgIpc) is 2.48. The van der Waals surface area contributed by atoms with Gasteiger partial charge >= 0.3 is 0 Å². The van der Waals surface area contributed by atoms with Crippen molar-refractivity contribution in [1.82, 2.24) is 5.32 Å². The summed E-state index contributed by atoms with van der Waals surface area (Å²) in [5.74, 6) is 0.979. The number of fused-ring (bicyclic) bond motifs is 1. The van der Waals surface area contributed by atoms with Crippen molar-refractivity contribution in [2.24, 2.45) is 0 Å². The van der Waals surface area contributed by atoms with E-state index in [2.05, 4.69) is 67.7 Å². The lowest BCUT2D eigenvalue weighted by Gasteiger charge is -2.27. The number of benzene rings is 2. The first-order valence-corrected chi connectivity index (χ1v) is 7.76. The molecule has 0 aromatic heterocycles. The van der Waals surface area contributed by atoms with Crippen molar-refractivity contribution in [3.05, 3.63) is 65.2 Å². The Balaban J connectivity index is 1.68. The van der Waals surface area contributed by atoms with Crippen LogP contribution in [0.15, 0.2) is 48.5 Å². The lowest BCUT2D eigenvalue weighted by atomic mass is 9.92. The van der Waals surface area contributed by atoms with Gasteiger partial charge in [-0.05, 0) is 55.5 Å². The van der Waals surface area contributed by atoms with Gasteiger partial charge in [0.05, 0.1) is 6.10 Å². The van der Waals surface area contributed by atoms with Crippen LogP contribution in [-0.2, 0) is 19.4 Å². The maximum atomic E-state index is 5.77. The van der Waals surface area contributed by atoms with Crippen LogP contribution in [0.5, 0.6) is 5.75 Å². The van der Waals surface area contributed by atoms with Crippen LogP contribution in [0.4, 0.5) is 0 Å². The number of nitrogens with one attached hydrogen (secondary N) is 1. The quantitative estimate of drug-likeness (QED) is 0.922. The molecule has 0 radical (unpaired) electrons.